The Balaban J connectivity index is 1.56. The second-order valence-electron chi connectivity index (χ2n) is 6.59. The summed E-state index contributed by atoms with van der Waals surface area (Å²) in [5.74, 6) is 1.03. The predicted molar refractivity (Wildman–Crippen MR) is 82.1 cm³/mol. The van der Waals surface area contributed by atoms with E-state index in [2.05, 4.69) is 10.2 Å². The summed E-state index contributed by atoms with van der Waals surface area (Å²) in [7, 11) is 1.61. The summed E-state index contributed by atoms with van der Waals surface area (Å²) in [6.07, 6.45) is 7.28. The second-order valence-corrected chi connectivity index (χ2v) is 6.59. The lowest BCUT2D eigenvalue weighted by atomic mass is 9.82. The van der Waals surface area contributed by atoms with Gasteiger partial charge in [-0.25, -0.2) is 0 Å². The Morgan fingerprint density at radius 2 is 2.05 bits per heavy atom. The minimum absolute atomic E-state index is 0.222. The van der Waals surface area contributed by atoms with Crippen LogP contribution in [-0.2, 0) is 9.53 Å². The molecule has 2 N–H and O–H groups in total. The van der Waals surface area contributed by atoms with Crippen LogP contribution >= 0.6 is 0 Å². The lowest BCUT2D eigenvalue weighted by Crippen LogP contribution is -2.47. The van der Waals surface area contributed by atoms with Crippen LogP contribution in [0.25, 0.3) is 0 Å². The summed E-state index contributed by atoms with van der Waals surface area (Å²) in [5, 5.41) is 12.9. The lowest BCUT2D eigenvalue weighted by Gasteiger charge is -2.33. The van der Waals surface area contributed by atoms with Gasteiger partial charge in [0, 0.05) is 39.2 Å². The van der Waals surface area contributed by atoms with Crippen molar-refractivity contribution in [1.82, 2.24) is 10.2 Å². The number of piperidine rings is 1. The number of amides is 1. The van der Waals surface area contributed by atoms with Crippen molar-refractivity contribution in [2.45, 2.75) is 57.1 Å². The van der Waals surface area contributed by atoms with Crippen molar-refractivity contribution in [3.8, 4) is 0 Å². The first-order valence-electron chi connectivity index (χ1n) is 8.36. The average molecular weight is 298 g/mol. The molecule has 1 heterocycles. The Morgan fingerprint density at radius 1 is 1.33 bits per heavy atom. The molecular formula is C16H30N2O3. The fourth-order valence-electron chi connectivity index (χ4n) is 3.22. The molecule has 5 nitrogen and oxygen atoms in total. The highest BCUT2D eigenvalue weighted by atomic mass is 16.5. The molecule has 122 valence electrons. The van der Waals surface area contributed by atoms with E-state index in [1.54, 1.807) is 7.11 Å². The molecule has 2 rings (SSSR count). The van der Waals surface area contributed by atoms with E-state index in [-0.39, 0.29) is 5.91 Å². The molecule has 0 aromatic heterocycles. The molecule has 0 aromatic carbocycles. The summed E-state index contributed by atoms with van der Waals surface area (Å²) in [6, 6.07) is 0.315. The molecule has 2 aliphatic rings. The number of hydrogen-bond acceptors (Lipinski definition) is 4. The number of nitrogens with zero attached hydrogens (tertiary/aromatic N) is 1. The summed E-state index contributed by atoms with van der Waals surface area (Å²) in [5.41, 5.74) is 0. The van der Waals surface area contributed by atoms with E-state index in [1.807, 2.05) is 0 Å². The SMILES string of the molecule is COCC(O)CN1CCC(NC(=O)CCC2CCC2)CC1. The molecule has 0 radical (unpaired) electrons. The molecule has 5 heteroatoms. The predicted octanol–water partition coefficient (Wildman–Crippen LogP) is 1.15. The van der Waals surface area contributed by atoms with E-state index in [4.69, 9.17) is 4.74 Å². The number of rotatable bonds is 8. The number of nitrogens with one attached hydrogen (secondary N) is 1. The first kappa shape index (κ1) is 16.7. The highest BCUT2D eigenvalue weighted by Gasteiger charge is 2.23. The van der Waals surface area contributed by atoms with Gasteiger partial charge in [0.1, 0.15) is 0 Å². The zero-order valence-electron chi connectivity index (χ0n) is 13.2. The van der Waals surface area contributed by atoms with Gasteiger partial charge in [-0.3, -0.25) is 4.79 Å². The Morgan fingerprint density at radius 3 is 2.62 bits per heavy atom. The number of ether oxygens (including phenoxy) is 1. The van der Waals surface area contributed by atoms with Crippen LogP contribution < -0.4 is 5.32 Å². The van der Waals surface area contributed by atoms with Gasteiger partial charge >= 0.3 is 0 Å². The van der Waals surface area contributed by atoms with Crippen molar-refractivity contribution in [3.05, 3.63) is 0 Å². The first-order chi connectivity index (χ1) is 10.2. The second kappa shape index (κ2) is 8.71. The van der Waals surface area contributed by atoms with Gasteiger partial charge in [-0.05, 0) is 25.2 Å². The van der Waals surface area contributed by atoms with Crippen molar-refractivity contribution in [2.24, 2.45) is 5.92 Å². The van der Waals surface area contributed by atoms with E-state index in [1.165, 1.54) is 19.3 Å². The van der Waals surface area contributed by atoms with Gasteiger partial charge in [-0.15, -0.1) is 0 Å². The van der Waals surface area contributed by atoms with Crippen molar-refractivity contribution in [3.63, 3.8) is 0 Å². The van der Waals surface area contributed by atoms with Gasteiger partial charge in [0.2, 0.25) is 5.91 Å². The van der Waals surface area contributed by atoms with Crippen LogP contribution in [0.5, 0.6) is 0 Å². The van der Waals surface area contributed by atoms with Crippen molar-refractivity contribution in [1.29, 1.82) is 0 Å². The minimum Gasteiger partial charge on any atom is -0.389 e. The highest BCUT2D eigenvalue weighted by Crippen LogP contribution is 2.30. The highest BCUT2D eigenvalue weighted by molar-refractivity contribution is 5.76. The normalized spacial score (nSPS) is 22.8. The summed E-state index contributed by atoms with van der Waals surface area (Å²) in [4.78, 5) is 14.2. The number of carbonyl (C=O) groups excluding carboxylic acids is 1. The van der Waals surface area contributed by atoms with E-state index in [9.17, 15) is 9.90 Å². The van der Waals surface area contributed by atoms with Crippen LogP contribution in [0.2, 0.25) is 0 Å². The standard InChI is InChI=1S/C16H30N2O3/c1-21-12-15(19)11-18-9-7-14(8-10-18)17-16(20)6-5-13-3-2-4-13/h13-15,19H,2-12H2,1H3,(H,17,20). The number of hydrogen-bond donors (Lipinski definition) is 2. The van der Waals surface area contributed by atoms with Gasteiger partial charge < -0.3 is 20.1 Å². The van der Waals surface area contributed by atoms with Crippen LogP contribution in [0.15, 0.2) is 0 Å². The zero-order chi connectivity index (χ0) is 15.1. The van der Waals surface area contributed by atoms with Crippen LogP contribution in [0.3, 0.4) is 0 Å². The monoisotopic (exact) mass is 298 g/mol. The lowest BCUT2D eigenvalue weighted by molar-refractivity contribution is -0.122. The fourth-order valence-corrected chi connectivity index (χ4v) is 3.22. The number of aliphatic hydroxyl groups is 1. The quantitative estimate of drug-likeness (QED) is 0.706. The molecule has 1 saturated carbocycles. The van der Waals surface area contributed by atoms with Crippen molar-refractivity contribution >= 4 is 5.91 Å². The minimum atomic E-state index is -0.413. The van der Waals surface area contributed by atoms with Gasteiger partial charge in [0.25, 0.3) is 0 Å². The summed E-state index contributed by atoms with van der Waals surface area (Å²) < 4.78 is 4.95. The number of carbonyl (C=O) groups is 1. The van der Waals surface area contributed by atoms with Crippen LogP contribution in [0.4, 0.5) is 0 Å². The molecule has 21 heavy (non-hydrogen) atoms. The number of β-amino-alcohol motifs (C(OH)–C–C–N with tert-alkyl or cyclic N) is 1. The number of methoxy groups -OCH3 is 1. The van der Waals surface area contributed by atoms with E-state index >= 15 is 0 Å². The fraction of sp³-hybridized carbons (Fsp3) is 0.938. The van der Waals surface area contributed by atoms with Gasteiger partial charge in [-0.2, -0.15) is 0 Å². The molecular weight excluding hydrogens is 268 g/mol. The molecule has 0 bridgehead atoms. The van der Waals surface area contributed by atoms with Crippen LogP contribution in [0, 0.1) is 5.92 Å². The summed E-state index contributed by atoms with van der Waals surface area (Å²) in [6.45, 7) is 2.93. The van der Waals surface area contributed by atoms with E-state index < -0.39 is 6.10 Å². The van der Waals surface area contributed by atoms with E-state index in [0.29, 0.717) is 25.6 Å². The molecule has 0 spiro atoms. The third-order valence-corrected chi connectivity index (χ3v) is 4.79. The topological polar surface area (TPSA) is 61.8 Å². The molecule has 1 unspecified atom stereocenters. The maximum absolute atomic E-state index is 11.9. The Labute approximate surface area is 128 Å². The van der Waals surface area contributed by atoms with Crippen LogP contribution in [0.1, 0.15) is 44.9 Å². The maximum Gasteiger partial charge on any atom is 0.220 e. The van der Waals surface area contributed by atoms with E-state index in [0.717, 1.165) is 38.3 Å². The summed E-state index contributed by atoms with van der Waals surface area (Å²) >= 11 is 0. The van der Waals surface area contributed by atoms with Gasteiger partial charge in [0.05, 0.1) is 12.7 Å². The molecule has 1 aliphatic heterocycles. The third kappa shape index (κ3) is 5.93. The molecule has 1 atom stereocenters. The van der Waals surface area contributed by atoms with Crippen molar-refractivity contribution < 1.29 is 14.6 Å². The first-order valence-corrected chi connectivity index (χ1v) is 8.36. The van der Waals surface area contributed by atoms with Gasteiger partial charge in [0.15, 0.2) is 0 Å². The Kier molecular flexibility index (Phi) is 6.93. The number of aliphatic hydroxyl groups excluding tert-OH is 1. The molecule has 1 aliphatic carbocycles. The largest absolute Gasteiger partial charge is 0.389 e. The third-order valence-electron chi connectivity index (χ3n) is 4.79. The Bertz CT molecular complexity index is 313. The van der Waals surface area contributed by atoms with Crippen molar-refractivity contribution in [2.75, 3.05) is 33.4 Å². The molecule has 1 amide bonds. The average Bonchev–Trinajstić information content (AvgIpc) is 2.39. The smallest absolute Gasteiger partial charge is 0.220 e. The molecule has 1 saturated heterocycles. The molecule has 0 aromatic rings. The maximum atomic E-state index is 11.9. The zero-order valence-corrected chi connectivity index (χ0v) is 13.2. The Hall–Kier alpha value is -0.650. The van der Waals surface area contributed by atoms with Gasteiger partial charge in [-0.1, -0.05) is 19.3 Å². The number of likely N-dealkylation sites (tertiary alicyclic amines) is 1. The molecule has 2 fully saturated rings. The van der Waals surface area contributed by atoms with Crippen LogP contribution in [-0.4, -0.2) is 61.4 Å².